The summed E-state index contributed by atoms with van der Waals surface area (Å²) in [5.74, 6) is 0. The molecule has 0 spiro atoms. The number of benzene rings is 1. The van der Waals surface area contributed by atoms with Crippen molar-refractivity contribution < 1.29 is 0 Å². The van der Waals surface area contributed by atoms with E-state index < -0.39 is 0 Å². The number of nitrogens with one attached hydrogen (secondary N) is 1. The molecule has 0 saturated carbocycles. The Kier molecular flexibility index (Phi) is 4.88. The van der Waals surface area contributed by atoms with Crippen LogP contribution in [0.2, 0.25) is 5.02 Å². The third-order valence-electron chi connectivity index (χ3n) is 4.64. The van der Waals surface area contributed by atoms with Gasteiger partial charge in [0.2, 0.25) is 0 Å². The molecule has 1 aromatic rings. The molecule has 2 nitrogen and oxygen atoms in total. The van der Waals surface area contributed by atoms with E-state index in [9.17, 15) is 0 Å². The van der Waals surface area contributed by atoms with Gasteiger partial charge in [0, 0.05) is 10.6 Å². The maximum atomic E-state index is 6.16. The Morgan fingerprint density at radius 3 is 2.58 bits per heavy atom. The van der Waals surface area contributed by atoms with E-state index >= 15 is 0 Å². The first-order valence-electron chi connectivity index (χ1n) is 7.29. The summed E-state index contributed by atoms with van der Waals surface area (Å²) in [6.45, 7) is 7.08. The Morgan fingerprint density at radius 1 is 1.37 bits per heavy atom. The van der Waals surface area contributed by atoms with Crippen molar-refractivity contribution in [2.45, 2.75) is 44.7 Å². The highest BCUT2D eigenvalue weighted by Gasteiger charge is 2.39. The van der Waals surface area contributed by atoms with Gasteiger partial charge in [-0.25, -0.2) is 0 Å². The van der Waals surface area contributed by atoms with Gasteiger partial charge in [0.05, 0.1) is 6.04 Å². The number of hydrogen-bond acceptors (Lipinski definition) is 2. The van der Waals surface area contributed by atoms with Gasteiger partial charge in [-0.3, -0.25) is 4.90 Å². The van der Waals surface area contributed by atoms with Crippen molar-refractivity contribution in [1.82, 2.24) is 10.2 Å². The van der Waals surface area contributed by atoms with Crippen molar-refractivity contribution in [2.24, 2.45) is 0 Å². The summed E-state index contributed by atoms with van der Waals surface area (Å²) in [6, 6.07) is 8.57. The van der Waals surface area contributed by atoms with Gasteiger partial charge >= 0.3 is 0 Å². The van der Waals surface area contributed by atoms with Crippen molar-refractivity contribution in [1.29, 1.82) is 0 Å². The van der Waals surface area contributed by atoms with E-state index in [1.165, 1.54) is 31.5 Å². The lowest BCUT2D eigenvalue weighted by molar-refractivity contribution is 0.0873. The van der Waals surface area contributed by atoms with Crippen LogP contribution in [0.1, 0.15) is 44.7 Å². The van der Waals surface area contributed by atoms with E-state index in [4.69, 9.17) is 11.6 Å². The Hall–Kier alpha value is -0.570. The second kappa shape index (κ2) is 6.25. The van der Waals surface area contributed by atoms with E-state index in [-0.39, 0.29) is 5.54 Å². The van der Waals surface area contributed by atoms with Crippen LogP contribution in [0.25, 0.3) is 0 Å². The fourth-order valence-electron chi connectivity index (χ4n) is 3.36. The average molecular weight is 281 g/mol. The summed E-state index contributed by atoms with van der Waals surface area (Å²) in [4.78, 5) is 2.63. The van der Waals surface area contributed by atoms with E-state index in [0.717, 1.165) is 11.4 Å². The van der Waals surface area contributed by atoms with Gasteiger partial charge in [-0.15, -0.1) is 0 Å². The molecule has 1 N–H and O–H groups in total. The maximum absolute atomic E-state index is 6.16. The maximum Gasteiger partial charge on any atom is 0.0502 e. The molecule has 1 fully saturated rings. The van der Waals surface area contributed by atoms with E-state index in [2.05, 4.69) is 43.2 Å². The Balaban J connectivity index is 2.32. The molecule has 0 radical (unpaired) electrons. The molecule has 3 heteroatoms. The SMILES string of the molecule is CCC(C)(C(NC)c1cccc(Cl)c1)N1CCCC1. The fraction of sp³-hybridized carbons (Fsp3) is 0.625. The lowest BCUT2D eigenvalue weighted by Crippen LogP contribution is -2.52. The number of nitrogens with zero attached hydrogens (tertiary/aromatic N) is 1. The highest BCUT2D eigenvalue weighted by Crippen LogP contribution is 2.36. The molecule has 1 saturated heterocycles. The molecule has 2 unspecified atom stereocenters. The fourth-order valence-corrected chi connectivity index (χ4v) is 3.56. The van der Waals surface area contributed by atoms with Crippen molar-refractivity contribution in [3.8, 4) is 0 Å². The Labute approximate surface area is 122 Å². The summed E-state index contributed by atoms with van der Waals surface area (Å²) >= 11 is 6.16. The molecule has 1 aliphatic rings. The van der Waals surface area contributed by atoms with Crippen LogP contribution in [-0.2, 0) is 0 Å². The summed E-state index contributed by atoms with van der Waals surface area (Å²) in [5, 5.41) is 4.33. The molecule has 106 valence electrons. The van der Waals surface area contributed by atoms with Crippen LogP contribution in [-0.4, -0.2) is 30.6 Å². The number of halogens is 1. The van der Waals surface area contributed by atoms with Gasteiger partial charge in [-0.05, 0) is 64.0 Å². The molecule has 2 atom stereocenters. The van der Waals surface area contributed by atoms with Gasteiger partial charge in [-0.2, -0.15) is 0 Å². The predicted octanol–water partition coefficient (Wildman–Crippen LogP) is 3.87. The average Bonchev–Trinajstić information content (AvgIpc) is 2.94. The zero-order valence-corrected chi connectivity index (χ0v) is 13.0. The number of likely N-dealkylation sites (N-methyl/N-ethyl adjacent to an activating group) is 1. The van der Waals surface area contributed by atoms with Crippen LogP contribution < -0.4 is 5.32 Å². The standard InChI is InChI=1S/C16H25ClN2/c1-4-16(2,19-10-5-6-11-19)15(18-3)13-8-7-9-14(17)12-13/h7-9,12,15,18H,4-6,10-11H2,1-3H3. The van der Waals surface area contributed by atoms with Crippen LogP contribution in [0.4, 0.5) is 0 Å². The number of hydrogen-bond donors (Lipinski definition) is 1. The zero-order valence-electron chi connectivity index (χ0n) is 12.2. The first-order chi connectivity index (χ1) is 9.11. The zero-order chi connectivity index (χ0) is 13.9. The third-order valence-corrected chi connectivity index (χ3v) is 4.87. The molecule has 1 heterocycles. The topological polar surface area (TPSA) is 15.3 Å². The van der Waals surface area contributed by atoms with Crippen LogP contribution in [0, 0.1) is 0 Å². The quantitative estimate of drug-likeness (QED) is 0.881. The minimum atomic E-state index is 0.149. The molecule has 1 aliphatic heterocycles. The molecule has 2 rings (SSSR count). The molecule has 19 heavy (non-hydrogen) atoms. The lowest BCUT2D eigenvalue weighted by Gasteiger charge is -2.44. The smallest absolute Gasteiger partial charge is 0.0502 e. The van der Waals surface area contributed by atoms with Crippen LogP contribution in [0.15, 0.2) is 24.3 Å². The number of rotatable bonds is 5. The van der Waals surface area contributed by atoms with E-state index in [1.807, 2.05) is 12.1 Å². The van der Waals surface area contributed by atoms with Gasteiger partial charge in [0.15, 0.2) is 0 Å². The highest BCUT2D eigenvalue weighted by molar-refractivity contribution is 6.30. The van der Waals surface area contributed by atoms with E-state index in [1.54, 1.807) is 0 Å². The molecule has 0 bridgehead atoms. The molecule has 1 aromatic carbocycles. The van der Waals surface area contributed by atoms with Crippen molar-refractivity contribution in [3.05, 3.63) is 34.9 Å². The van der Waals surface area contributed by atoms with Crippen molar-refractivity contribution >= 4 is 11.6 Å². The van der Waals surface area contributed by atoms with Crippen LogP contribution in [0.5, 0.6) is 0 Å². The molecular formula is C16H25ClN2. The van der Waals surface area contributed by atoms with Crippen LogP contribution in [0.3, 0.4) is 0 Å². The lowest BCUT2D eigenvalue weighted by atomic mass is 9.83. The van der Waals surface area contributed by atoms with Crippen molar-refractivity contribution in [2.75, 3.05) is 20.1 Å². The van der Waals surface area contributed by atoms with Crippen molar-refractivity contribution in [3.63, 3.8) is 0 Å². The van der Waals surface area contributed by atoms with Gasteiger partial charge in [0.25, 0.3) is 0 Å². The monoisotopic (exact) mass is 280 g/mol. The van der Waals surface area contributed by atoms with Crippen LogP contribution >= 0.6 is 11.6 Å². The number of likely N-dealkylation sites (tertiary alicyclic amines) is 1. The van der Waals surface area contributed by atoms with Gasteiger partial charge in [-0.1, -0.05) is 30.7 Å². The van der Waals surface area contributed by atoms with Gasteiger partial charge in [0.1, 0.15) is 0 Å². The minimum Gasteiger partial charge on any atom is -0.311 e. The summed E-state index contributed by atoms with van der Waals surface area (Å²) in [5.41, 5.74) is 1.43. The molecule has 0 aromatic heterocycles. The summed E-state index contributed by atoms with van der Waals surface area (Å²) < 4.78 is 0. The molecule has 0 amide bonds. The second-order valence-corrected chi connectivity index (χ2v) is 6.12. The highest BCUT2D eigenvalue weighted by atomic mass is 35.5. The first kappa shape index (κ1) is 14.8. The molecule has 0 aliphatic carbocycles. The normalized spacial score (nSPS) is 21.3. The second-order valence-electron chi connectivity index (χ2n) is 5.68. The van der Waals surface area contributed by atoms with E-state index in [0.29, 0.717) is 6.04 Å². The predicted molar refractivity (Wildman–Crippen MR) is 82.8 cm³/mol. The molecular weight excluding hydrogens is 256 g/mol. The largest absolute Gasteiger partial charge is 0.311 e. The third kappa shape index (κ3) is 2.96. The summed E-state index contributed by atoms with van der Waals surface area (Å²) in [7, 11) is 2.05. The van der Waals surface area contributed by atoms with Gasteiger partial charge < -0.3 is 5.32 Å². The summed E-state index contributed by atoms with van der Waals surface area (Å²) in [6.07, 6.45) is 3.77. The Bertz CT molecular complexity index is 415. The Morgan fingerprint density at radius 2 is 2.05 bits per heavy atom. The minimum absolute atomic E-state index is 0.149. The first-order valence-corrected chi connectivity index (χ1v) is 7.67.